The zero-order valence-corrected chi connectivity index (χ0v) is 8.35. The minimum atomic E-state index is -0.378. The molecule has 2 rings (SSSR count). The monoisotopic (exact) mass is 215 g/mol. The molecule has 1 N–H and O–H groups in total. The highest BCUT2D eigenvalue weighted by Gasteiger charge is 2.19. The van der Waals surface area contributed by atoms with E-state index in [4.69, 9.17) is 16.3 Å². The summed E-state index contributed by atoms with van der Waals surface area (Å²) in [6.07, 6.45) is 0. The molecule has 76 valence electrons. The molecule has 1 aromatic rings. The molecule has 2 nitrogen and oxygen atoms in total. The van der Waals surface area contributed by atoms with Crippen molar-refractivity contribution in [2.45, 2.75) is 6.04 Å². The Morgan fingerprint density at radius 2 is 2.36 bits per heavy atom. The fourth-order valence-electron chi connectivity index (χ4n) is 1.55. The zero-order valence-electron chi connectivity index (χ0n) is 7.59. The van der Waals surface area contributed by atoms with Gasteiger partial charge in [-0.3, -0.25) is 0 Å². The first-order chi connectivity index (χ1) is 6.79. The average molecular weight is 216 g/mol. The van der Waals surface area contributed by atoms with E-state index in [0.29, 0.717) is 13.2 Å². The van der Waals surface area contributed by atoms with E-state index in [1.54, 1.807) is 6.07 Å². The van der Waals surface area contributed by atoms with Crippen LogP contribution in [-0.4, -0.2) is 19.8 Å². The molecular formula is C10H11ClFNO. The maximum Gasteiger partial charge on any atom is 0.142 e. The Hall–Kier alpha value is -0.640. The van der Waals surface area contributed by atoms with Crippen LogP contribution in [0.5, 0.6) is 0 Å². The van der Waals surface area contributed by atoms with Crippen LogP contribution in [0.1, 0.15) is 11.6 Å². The summed E-state index contributed by atoms with van der Waals surface area (Å²) in [5, 5.41) is 3.42. The van der Waals surface area contributed by atoms with Gasteiger partial charge in [-0.2, -0.15) is 0 Å². The van der Waals surface area contributed by atoms with Crippen LogP contribution in [0.25, 0.3) is 0 Å². The van der Waals surface area contributed by atoms with E-state index in [1.807, 2.05) is 6.07 Å². The molecule has 14 heavy (non-hydrogen) atoms. The number of rotatable bonds is 1. The van der Waals surface area contributed by atoms with Crippen molar-refractivity contribution in [3.05, 3.63) is 34.6 Å². The lowest BCUT2D eigenvalue weighted by atomic mass is 10.1. The highest BCUT2D eigenvalue weighted by molar-refractivity contribution is 6.31. The predicted molar refractivity (Wildman–Crippen MR) is 53.0 cm³/mol. The van der Waals surface area contributed by atoms with Crippen LogP contribution in [0, 0.1) is 5.82 Å². The van der Waals surface area contributed by atoms with Gasteiger partial charge in [0.05, 0.1) is 24.3 Å². The second-order valence-corrected chi connectivity index (χ2v) is 3.60. The Morgan fingerprint density at radius 1 is 1.50 bits per heavy atom. The number of nitrogens with one attached hydrogen (secondary N) is 1. The van der Waals surface area contributed by atoms with E-state index >= 15 is 0 Å². The highest BCUT2D eigenvalue weighted by Crippen LogP contribution is 2.26. The third kappa shape index (κ3) is 1.90. The Bertz CT molecular complexity index is 326. The van der Waals surface area contributed by atoms with Crippen LogP contribution < -0.4 is 5.32 Å². The van der Waals surface area contributed by atoms with Gasteiger partial charge in [0.15, 0.2) is 0 Å². The zero-order chi connectivity index (χ0) is 9.97. The summed E-state index contributed by atoms with van der Waals surface area (Å²) < 4.78 is 18.4. The lowest BCUT2D eigenvalue weighted by Gasteiger charge is -2.24. The molecular weight excluding hydrogens is 205 g/mol. The normalized spacial score (nSPS) is 22.3. The van der Waals surface area contributed by atoms with Crippen molar-refractivity contribution in [3.63, 3.8) is 0 Å². The van der Waals surface area contributed by atoms with Crippen molar-refractivity contribution in [2.24, 2.45) is 0 Å². The second kappa shape index (κ2) is 4.26. The van der Waals surface area contributed by atoms with Gasteiger partial charge < -0.3 is 10.1 Å². The van der Waals surface area contributed by atoms with Crippen molar-refractivity contribution in [2.75, 3.05) is 19.8 Å². The van der Waals surface area contributed by atoms with E-state index in [2.05, 4.69) is 5.32 Å². The Balaban J connectivity index is 2.26. The summed E-state index contributed by atoms with van der Waals surface area (Å²) in [5.74, 6) is -0.378. The molecule has 0 aliphatic carbocycles. The minimum absolute atomic E-state index is 0.00644. The number of hydrogen-bond donors (Lipinski definition) is 1. The predicted octanol–water partition coefficient (Wildman–Crippen LogP) is 2.14. The minimum Gasteiger partial charge on any atom is -0.378 e. The first-order valence-corrected chi connectivity index (χ1v) is 4.92. The van der Waals surface area contributed by atoms with Gasteiger partial charge in [0, 0.05) is 6.54 Å². The number of hydrogen-bond acceptors (Lipinski definition) is 2. The Labute approximate surface area is 87.0 Å². The van der Waals surface area contributed by atoms with Gasteiger partial charge in [-0.1, -0.05) is 23.7 Å². The number of morpholine rings is 1. The lowest BCUT2D eigenvalue weighted by molar-refractivity contribution is 0.0768. The van der Waals surface area contributed by atoms with Crippen LogP contribution in [-0.2, 0) is 4.74 Å². The van der Waals surface area contributed by atoms with Gasteiger partial charge in [-0.05, 0) is 11.6 Å². The molecule has 0 radical (unpaired) electrons. The summed E-state index contributed by atoms with van der Waals surface area (Å²) in [7, 11) is 0. The molecule has 1 heterocycles. The van der Waals surface area contributed by atoms with Crippen LogP contribution in [0.2, 0.25) is 5.02 Å². The molecule has 1 fully saturated rings. The van der Waals surface area contributed by atoms with Crippen molar-refractivity contribution >= 4 is 11.6 Å². The van der Waals surface area contributed by atoms with E-state index in [-0.39, 0.29) is 16.9 Å². The average Bonchev–Trinajstić information content (AvgIpc) is 2.23. The van der Waals surface area contributed by atoms with Crippen LogP contribution in [0.4, 0.5) is 4.39 Å². The largest absolute Gasteiger partial charge is 0.378 e. The van der Waals surface area contributed by atoms with Crippen LogP contribution >= 0.6 is 11.6 Å². The molecule has 1 aliphatic heterocycles. The maximum absolute atomic E-state index is 13.1. The molecule has 1 aromatic carbocycles. The molecule has 0 bridgehead atoms. The van der Waals surface area contributed by atoms with Gasteiger partial charge in [0.25, 0.3) is 0 Å². The maximum atomic E-state index is 13.1. The summed E-state index contributed by atoms with van der Waals surface area (Å²) in [4.78, 5) is 0. The smallest absolute Gasteiger partial charge is 0.142 e. The second-order valence-electron chi connectivity index (χ2n) is 3.22. The van der Waals surface area contributed by atoms with E-state index in [0.717, 1.165) is 12.1 Å². The van der Waals surface area contributed by atoms with E-state index in [1.165, 1.54) is 6.07 Å². The van der Waals surface area contributed by atoms with Crippen molar-refractivity contribution in [3.8, 4) is 0 Å². The first kappa shape index (κ1) is 9.90. The molecule has 1 unspecified atom stereocenters. The van der Waals surface area contributed by atoms with Crippen molar-refractivity contribution < 1.29 is 9.13 Å². The van der Waals surface area contributed by atoms with Crippen molar-refractivity contribution in [1.29, 1.82) is 0 Å². The van der Waals surface area contributed by atoms with Gasteiger partial charge in [-0.15, -0.1) is 0 Å². The molecule has 0 saturated carbocycles. The standard InChI is InChI=1S/C10H11ClFNO/c11-10-7(2-1-3-8(10)12)9-6-14-5-4-13-9/h1-3,9,13H,4-6H2. The summed E-state index contributed by atoms with van der Waals surface area (Å²) in [6, 6.07) is 4.84. The number of benzene rings is 1. The number of ether oxygens (including phenoxy) is 1. The van der Waals surface area contributed by atoms with Gasteiger partial charge in [0.1, 0.15) is 5.82 Å². The van der Waals surface area contributed by atoms with E-state index in [9.17, 15) is 4.39 Å². The molecule has 0 aromatic heterocycles. The van der Waals surface area contributed by atoms with Crippen molar-refractivity contribution in [1.82, 2.24) is 5.32 Å². The SMILES string of the molecule is Fc1cccc(C2COCCN2)c1Cl. The lowest BCUT2D eigenvalue weighted by Crippen LogP contribution is -2.34. The third-order valence-corrected chi connectivity index (χ3v) is 2.68. The Kier molecular flexibility index (Phi) is 3.01. The molecule has 1 saturated heterocycles. The molecule has 4 heteroatoms. The first-order valence-electron chi connectivity index (χ1n) is 4.54. The fourth-order valence-corrected chi connectivity index (χ4v) is 1.81. The van der Waals surface area contributed by atoms with Crippen LogP contribution in [0.15, 0.2) is 18.2 Å². The van der Waals surface area contributed by atoms with Crippen LogP contribution in [0.3, 0.4) is 0 Å². The molecule has 1 aliphatic rings. The fraction of sp³-hybridized carbons (Fsp3) is 0.400. The molecule has 0 amide bonds. The number of halogens is 2. The summed E-state index contributed by atoms with van der Waals surface area (Å²) >= 11 is 5.86. The van der Waals surface area contributed by atoms with Gasteiger partial charge in [0.2, 0.25) is 0 Å². The Morgan fingerprint density at radius 3 is 3.07 bits per heavy atom. The summed E-state index contributed by atoms with van der Waals surface area (Å²) in [6.45, 7) is 2.02. The van der Waals surface area contributed by atoms with Gasteiger partial charge in [-0.25, -0.2) is 4.39 Å². The quantitative estimate of drug-likeness (QED) is 0.775. The van der Waals surface area contributed by atoms with E-state index < -0.39 is 0 Å². The van der Waals surface area contributed by atoms with Gasteiger partial charge >= 0.3 is 0 Å². The summed E-state index contributed by atoms with van der Waals surface area (Å²) in [5.41, 5.74) is 0.770. The molecule has 0 spiro atoms. The highest BCUT2D eigenvalue weighted by atomic mass is 35.5. The topological polar surface area (TPSA) is 21.3 Å². The molecule has 1 atom stereocenters. The third-order valence-electron chi connectivity index (χ3n) is 2.28.